The zero-order valence-electron chi connectivity index (χ0n) is 7.71. The maximum atomic E-state index is 10.9. The quantitative estimate of drug-likeness (QED) is 0.589. The van der Waals surface area contributed by atoms with Crippen molar-refractivity contribution < 1.29 is 14.7 Å². The predicted octanol–water partition coefficient (Wildman–Crippen LogP) is 1.04. The molecule has 0 aromatic heterocycles. The third-order valence-electron chi connectivity index (χ3n) is 1.46. The molecular weight excluding hydrogens is 285 g/mol. The number of aliphatic carboxylic acids is 1. The summed E-state index contributed by atoms with van der Waals surface area (Å²) < 4.78 is 0.291. The molecule has 1 atom stereocenters. The molecule has 0 spiro atoms. The Kier molecular flexibility index (Phi) is 6.02. The van der Waals surface area contributed by atoms with Crippen LogP contribution in [-0.4, -0.2) is 27.5 Å². The zero-order chi connectivity index (χ0) is 10.4. The summed E-state index contributed by atoms with van der Waals surface area (Å²) in [6.07, 6.45) is 0.470. The van der Waals surface area contributed by atoms with Crippen molar-refractivity contribution in [3.63, 3.8) is 0 Å². The lowest BCUT2D eigenvalue weighted by Crippen LogP contribution is -2.42. The van der Waals surface area contributed by atoms with Gasteiger partial charge < -0.3 is 10.4 Å². The molecule has 0 saturated heterocycles. The number of carbonyl (C=O) groups excluding carboxylic acids is 1. The highest BCUT2D eigenvalue weighted by molar-refractivity contribution is 14.1. The van der Waals surface area contributed by atoms with E-state index in [1.165, 1.54) is 0 Å². The fraction of sp³-hybridized carbons (Fsp3) is 0.750. The second-order valence-corrected chi connectivity index (χ2v) is 3.98. The van der Waals surface area contributed by atoms with Crippen LogP contribution in [0.1, 0.15) is 20.3 Å². The van der Waals surface area contributed by atoms with Crippen LogP contribution in [0.5, 0.6) is 0 Å². The Labute approximate surface area is 91.2 Å². The summed E-state index contributed by atoms with van der Waals surface area (Å²) in [7, 11) is 0. The minimum atomic E-state index is -0.966. The highest BCUT2D eigenvalue weighted by Crippen LogP contribution is 2.04. The molecule has 0 aliphatic rings. The molecule has 1 amide bonds. The Morgan fingerprint density at radius 3 is 2.31 bits per heavy atom. The lowest BCUT2D eigenvalue weighted by Gasteiger charge is -2.15. The molecule has 0 heterocycles. The van der Waals surface area contributed by atoms with Gasteiger partial charge in [-0.05, 0) is 12.3 Å². The monoisotopic (exact) mass is 299 g/mol. The van der Waals surface area contributed by atoms with Crippen LogP contribution in [0.25, 0.3) is 0 Å². The van der Waals surface area contributed by atoms with Crippen molar-refractivity contribution >= 4 is 34.5 Å². The average Bonchev–Trinajstić information content (AvgIpc) is 2.02. The van der Waals surface area contributed by atoms with Crippen LogP contribution >= 0.6 is 22.6 Å². The Bertz CT molecular complexity index is 194. The van der Waals surface area contributed by atoms with Gasteiger partial charge in [-0.3, -0.25) is 4.79 Å². The molecular formula is C8H14INO3. The van der Waals surface area contributed by atoms with Gasteiger partial charge in [0, 0.05) is 0 Å². The molecule has 5 heteroatoms. The Hall–Kier alpha value is -0.330. The van der Waals surface area contributed by atoms with Crippen LogP contribution < -0.4 is 5.32 Å². The van der Waals surface area contributed by atoms with E-state index in [0.29, 0.717) is 10.8 Å². The molecule has 2 N–H and O–H groups in total. The van der Waals surface area contributed by atoms with Gasteiger partial charge in [0.25, 0.3) is 0 Å². The molecule has 13 heavy (non-hydrogen) atoms. The summed E-state index contributed by atoms with van der Waals surface area (Å²) in [6.45, 7) is 3.85. The summed E-state index contributed by atoms with van der Waals surface area (Å²) in [6, 6.07) is -0.748. The first-order valence-corrected chi connectivity index (χ1v) is 5.58. The topological polar surface area (TPSA) is 66.4 Å². The molecule has 0 unspecified atom stereocenters. The van der Waals surface area contributed by atoms with Crippen LogP contribution in [0.4, 0.5) is 0 Å². The number of rotatable bonds is 5. The van der Waals surface area contributed by atoms with E-state index in [4.69, 9.17) is 5.11 Å². The summed E-state index contributed by atoms with van der Waals surface area (Å²) in [5.74, 6) is -0.934. The smallest absolute Gasteiger partial charge is 0.326 e. The first-order valence-electron chi connectivity index (χ1n) is 4.05. The van der Waals surface area contributed by atoms with Gasteiger partial charge in [0.1, 0.15) is 6.04 Å². The summed E-state index contributed by atoms with van der Waals surface area (Å²) in [5.41, 5.74) is 0. The first-order chi connectivity index (χ1) is 5.97. The predicted molar refractivity (Wildman–Crippen MR) is 57.9 cm³/mol. The van der Waals surface area contributed by atoms with Crippen molar-refractivity contribution in [1.29, 1.82) is 0 Å². The maximum absolute atomic E-state index is 10.9. The van der Waals surface area contributed by atoms with Gasteiger partial charge in [0.2, 0.25) is 5.91 Å². The molecule has 0 saturated carbocycles. The Morgan fingerprint density at radius 1 is 1.46 bits per heavy atom. The second kappa shape index (κ2) is 6.17. The summed E-state index contributed by atoms with van der Waals surface area (Å²) in [5, 5.41) is 11.2. The lowest BCUT2D eigenvalue weighted by atomic mass is 10.0. The molecule has 0 aliphatic carbocycles. The minimum absolute atomic E-state index is 0.228. The van der Waals surface area contributed by atoms with E-state index in [-0.39, 0.29) is 11.8 Å². The highest BCUT2D eigenvalue weighted by atomic mass is 127. The highest BCUT2D eigenvalue weighted by Gasteiger charge is 2.20. The van der Waals surface area contributed by atoms with Crippen molar-refractivity contribution in [2.24, 2.45) is 5.92 Å². The lowest BCUT2D eigenvalue weighted by molar-refractivity contribution is -0.141. The summed E-state index contributed by atoms with van der Waals surface area (Å²) >= 11 is 1.90. The van der Waals surface area contributed by atoms with Crippen molar-refractivity contribution in [3.05, 3.63) is 0 Å². The number of carboxylic acids is 1. The van der Waals surface area contributed by atoms with Gasteiger partial charge in [-0.1, -0.05) is 36.4 Å². The van der Waals surface area contributed by atoms with Gasteiger partial charge >= 0.3 is 5.97 Å². The van der Waals surface area contributed by atoms with Crippen LogP contribution in [0.3, 0.4) is 0 Å². The van der Waals surface area contributed by atoms with Crippen molar-refractivity contribution in [3.8, 4) is 0 Å². The largest absolute Gasteiger partial charge is 0.480 e. The summed E-state index contributed by atoms with van der Waals surface area (Å²) in [4.78, 5) is 21.6. The minimum Gasteiger partial charge on any atom is -0.480 e. The molecule has 4 nitrogen and oxygen atoms in total. The van der Waals surface area contributed by atoms with E-state index in [0.717, 1.165) is 0 Å². The molecule has 0 radical (unpaired) electrons. The van der Waals surface area contributed by atoms with Crippen molar-refractivity contribution in [2.75, 3.05) is 4.43 Å². The zero-order valence-corrected chi connectivity index (χ0v) is 9.87. The van der Waals surface area contributed by atoms with Gasteiger partial charge in [-0.2, -0.15) is 0 Å². The van der Waals surface area contributed by atoms with E-state index in [1.807, 2.05) is 36.4 Å². The molecule has 0 bridgehead atoms. The molecule has 0 aromatic carbocycles. The van der Waals surface area contributed by atoms with Crippen LogP contribution in [0.15, 0.2) is 0 Å². The molecule has 0 fully saturated rings. The second-order valence-electron chi connectivity index (χ2n) is 3.22. The molecule has 0 rings (SSSR count). The molecule has 76 valence electrons. The normalized spacial score (nSPS) is 12.6. The van der Waals surface area contributed by atoms with Crippen LogP contribution in [0.2, 0.25) is 0 Å². The van der Waals surface area contributed by atoms with E-state index in [9.17, 15) is 9.59 Å². The standard InChI is InChI=1S/C8H14INO3/c1-5(2)3-6(8(12)13)10-7(11)4-9/h5-6H,3-4H2,1-2H3,(H,10,11)(H,12,13)/t6-/m0/s1. The number of hydrogen-bond donors (Lipinski definition) is 2. The number of halogens is 1. The van der Waals surface area contributed by atoms with Crippen molar-refractivity contribution in [2.45, 2.75) is 26.3 Å². The number of carbonyl (C=O) groups is 2. The van der Waals surface area contributed by atoms with E-state index < -0.39 is 12.0 Å². The Morgan fingerprint density at radius 2 is 2.00 bits per heavy atom. The number of nitrogens with one attached hydrogen (secondary N) is 1. The van der Waals surface area contributed by atoms with Gasteiger partial charge in [-0.25, -0.2) is 4.79 Å². The number of hydrogen-bond acceptors (Lipinski definition) is 2. The fourth-order valence-electron chi connectivity index (χ4n) is 0.926. The van der Waals surface area contributed by atoms with Crippen LogP contribution in [-0.2, 0) is 9.59 Å². The first kappa shape index (κ1) is 12.7. The maximum Gasteiger partial charge on any atom is 0.326 e. The Balaban J connectivity index is 4.10. The third-order valence-corrected chi connectivity index (χ3v) is 2.15. The van der Waals surface area contributed by atoms with Crippen LogP contribution in [0, 0.1) is 5.92 Å². The van der Waals surface area contributed by atoms with Gasteiger partial charge in [-0.15, -0.1) is 0 Å². The third kappa shape index (κ3) is 5.84. The number of carboxylic acid groups (broad SMARTS) is 1. The molecule has 0 aromatic rings. The number of amides is 1. The van der Waals surface area contributed by atoms with E-state index in [1.54, 1.807) is 0 Å². The van der Waals surface area contributed by atoms with E-state index >= 15 is 0 Å². The molecule has 0 aliphatic heterocycles. The fourth-order valence-corrected chi connectivity index (χ4v) is 1.15. The number of alkyl halides is 1. The average molecular weight is 299 g/mol. The van der Waals surface area contributed by atoms with Gasteiger partial charge in [0.15, 0.2) is 0 Å². The SMILES string of the molecule is CC(C)C[C@H](NC(=O)CI)C(=O)O. The van der Waals surface area contributed by atoms with Gasteiger partial charge in [0.05, 0.1) is 4.43 Å². The van der Waals surface area contributed by atoms with E-state index in [2.05, 4.69) is 5.32 Å². The van der Waals surface area contributed by atoms with Crippen molar-refractivity contribution in [1.82, 2.24) is 5.32 Å².